The molecular weight excluding hydrogens is 458 g/mol. The predicted molar refractivity (Wildman–Crippen MR) is 142 cm³/mol. The maximum atomic E-state index is 13.4. The van der Waals surface area contributed by atoms with Crippen LogP contribution in [-0.2, 0) is 4.79 Å². The Balaban J connectivity index is 1.58. The van der Waals surface area contributed by atoms with Crippen molar-refractivity contribution in [2.24, 2.45) is 4.99 Å². The molecule has 1 aliphatic rings. The van der Waals surface area contributed by atoms with Gasteiger partial charge in [0.25, 0.3) is 11.5 Å². The number of hydrogen-bond acceptors (Lipinski definition) is 5. The van der Waals surface area contributed by atoms with E-state index in [-0.39, 0.29) is 11.5 Å². The largest absolute Gasteiger partial charge is 0.287 e. The van der Waals surface area contributed by atoms with Crippen LogP contribution in [0.15, 0.2) is 75.4 Å². The molecule has 35 heavy (non-hydrogen) atoms. The molecule has 0 bridgehead atoms. The number of carbonyl (C=O) groups excluding carboxylic acids is 1. The molecule has 0 unspecified atom stereocenters. The number of amides is 1. The zero-order valence-corrected chi connectivity index (χ0v) is 20.8. The lowest BCUT2D eigenvalue weighted by Crippen LogP contribution is -2.30. The second kappa shape index (κ2) is 9.03. The second-order valence-corrected chi connectivity index (χ2v) is 9.33. The number of amidine groups is 1. The number of nitrogens with zero attached hydrogens (tertiary/aromatic N) is 5. The number of rotatable bonds is 4. The summed E-state index contributed by atoms with van der Waals surface area (Å²) in [4.78, 5) is 38.1. The minimum atomic E-state index is -0.130. The highest BCUT2D eigenvalue weighted by Crippen LogP contribution is 2.34. The second-order valence-electron chi connectivity index (χ2n) is 8.32. The zero-order chi connectivity index (χ0) is 24.7. The van der Waals surface area contributed by atoms with Gasteiger partial charge in [0.05, 0.1) is 21.5 Å². The van der Waals surface area contributed by atoms with E-state index in [0.29, 0.717) is 33.3 Å². The van der Waals surface area contributed by atoms with Gasteiger partial charge in [-0.1, -0.05) is 30.3 Å². The van der Waals surface area contributed by atoms with E-state index in [1.165, 1.54) is 11.8 Å². The highest BCUT2D eigenvalue weighted by atomic mass is 32.2. The molecule has 0 N–H and O–H groups in total. The summed E-state index contributed by atoms with van der Waals surface area (Å²) in [6, 6.07) is 19.0. The molecule has 3 heterocycles. The molecule has 1 amide bonds. The van der Waals surface area contributed by atoms with E-state index >= 15 is 0 Å². The first-order valence-corrected chi connectivity index (χ1v) is 12.2. The molecule has 0 aliphatic carbocycles. The molecule has 4 aromatic rings. The van der Waals surface area contributed by atoms with Crippen LogP contribution in [0.4, 0.5) is 5.69 Å². The Kier molecular flexibility index (Phi) is 5.90. The first kappa shape index (κ1) is 22.9. The van der Waals surface area contributed by atoms with Crippen molar-refractivity contribution in [3.8, 4) is 0 Å². The highest BCUT2D eigenvalue weighted by Gasteiger charge is 2.32. The molecule has 5 rings (SSSR count). The molecule has 8 heteroatoms. The predicted octanol–water partition coefficient (Wildman–Crippen LogP) is 5.06. The SMILES string of the molecule is CCN1C(=O)C(=Cc2cc(C)n(-n3c(C)nc4ccccc4c3=O)c2C)SC1=Nc1ccccc1. The molecule has 0 radical (unpaired) electrons. The van der Waals surface area contributed by atoms with Crippen molar-refractivity contribution in [2.45, 2.75) is 27.7 Å². The van der Waals surface area contributed by atoms with Gasteiger partial charge < -0.3 is 0 Å². The van der Waals surface area contributed by atoms with Crippen LogP contribution in [0.2, 0.25) is 0 Å². The molecule has 0 spiro atoms. The number of carbonyl (C=O) groups is 1. The summed E-state index contributed by atoms with van der Waals surface area (Å²) in [6.45, 7) is 8.19. The number of thioether (sulfide) groups is 1. The maximum Gasteiger partial charge on any atom is 0.280 e. The van der Waals surface area contributed by atoms with E-state index in [0.717, 1.165) is 22.6 Å². The third kappa shape index (κ3) is 4.00. The standard InChI is InChI=1S/C27H25N5O2S/c1-5-30-26(34)24(35-27(30)29-21-11-7-6-8-12-21)16-20-15-17(2)31(18(20)3)32-19(4)28-23-14-10-9-13-22(23)25(32)33/h6-16H,5H2,1-4H3. The number of likely N-dealkylation sites (N-methyl/N-ethyl adjacent to an activating group) is 1. The average Bonchev–Trinajstić information content (AvgIpc) is 3.29. The van der Waals surface area contributed by atoms with Crippen LogP contribution in [0, 0.1) is 20.8 Å². The van der Waals surface area contributed by atoms with Gasteiger partial charge in [-0.05, 0) is 81.4 Å². The molecule has 7 nitrogen and oxygen atoms in total. The fraction of sp³-hybridized carbons (Fsp3) is 0.185. The summed E-state index contributed by atoms with van der Waals surface area (Å²) in [7, 11) is 0. The zero-order valence-electron chi connectivity index (χ0n) is 20.0. The van der Waals surface area contributed by atoms with Crippen LogP contribution < -0.4 is 5.56 Å². The Morgan fingerprint density at radius 2 is 1.69 bits per heavy atom. The van der Waals surface area contributed by atoms with Gasteiger partial charge in [0, 0.05) is 17.9 Å². The lowest BCUT2D eigenvalue weighted by molar-refractivity contribution is -0.122. The topological polar surface area (TPSA) is 72.5 Å². The van der Waals surface area contributed by atoms with Crippen LogP contribution in [0.3, 0.4) is 0 Å². The van der Waals surface area contributed by atoms with E-state index in [2.05, 4.69) is 9.98 Å². The molecule has 1 saturated heterocycles. The smallest absolute Gasteiger partial charge is 0.280 e. The Morgan fingerprint density at radius 1 is 0.971 bits per heavy atom. The van der Waals surface area contributed by atoms with Gasteiger partial charge in [-0.25, -0.2) is 9.98 Å². The lowest BCUT2D eigenvalue weighted by Gasteiger charge is -2.16. The van der Waals surface area contributed by atoms with Gasteiger partial charge in [-0.15, -0.1) is 0 Å². The summed E-state index contributed by atoms with van der Waals surface area (Å²) in [5.74, 6) is 0.521. The van der Waals surface area contributed by atoms with Crippen molar-refractivity contribution >= 4 is 45.5 Å². The lowest BCUT2D eigenvalue weighted by atomic mass is 10.2. The van der Waals surface area contributed by atoms with Gasteiger partial charge in [0.15, 0.2) is 5.17 Å². The monoisotopic (exact) mass is 483 g/mol. The third-order valence-electron chi connectivity index (χ3n) is 6.02. The minimum absolute atomic E-state index is 0.0716. The summed E-state index contributed by atoms with van der Waals surface area (Å²) in [5.41, 5.74) is 3.94. The number of aromatic nitrogens is 3. The molecule has 176 valence electrons. The Morgan fingerprint density at radius 3 is 2.43 bits per heavy atom. The summed E-state index contributed by atoms with van der Waals surface area (Å²) < 4.78 is 3.46. The quantitative estimate of drug-likeness (QED) is 0.381. The number of benzene rings is 2. The van der Waals surface area contributed by atoms with Gasteiger partial charge in [-0.3, -0.25) is 19.2 Å². The van der Waals surface area contributed by atoms with Crippen LogP contribution in [0.25, 0.3) is 17.0 Å². The van der Waals surface area contributed by atoms with Crippen molar-refractivity contribution in [1.82, 2.24) is 19.2 Å². The number of aliphatic imine (C=N–C) groups is 1. The number of fused-ring (bicyclic) bond motifs is 1. The van der Waals surface area contributed by atoms with Gasteiger partial charge in [-0.2, -0.15) is 4.68 Å². The van der Waals surface area contributed by atoms with Crippen molar-refractivity contribution in [3.05, 3.63) is 98.7 Å². The Bertz CT molecular complexity index is 1580. The van der Waals surface area contributed by atoms with Crippen molar-refractivity contribution in [1.29, 1.82) is 0 Å². The van der Waals surface area contributed by atoms with E-state index in [1.807, 2.05) is 93.0 Å². The van der Waals surface area contributed by atoms with Gasteiger partial charge in [0.2, 0.25) is 0 Å². The molecule has 2 aromatic heterocycles. The first-order chi connectivity index (χ1) is 16.9. The Labute approximate surface area is 207 Å². The summed E-state index contributed by atoms with van der Waals surface area (Å²) in [6.07, 6.45) is 1.89. The fourth-order valence-electron chi connectivity index (χ4n) is 4.33. The number of aryl methyl sites for hydroxylation is 2. The summed E-state index contributed by atoms with van der Waals surface area (Å²) >= 11 is 1.37. The van der Waals surface area contributed by atoms with Crippen molar-refractivity contribution < 1.29 is 4.79 Å². The third-order valence-corrected chi connectivity index (χ3v) is 7.03. The first-order valence-electron chi connectivity index (χ1n) is 11.4. The Hall–Kier alpha value is -3.91. The van der Waals surface area contributed by atoms with Gasteiger partial charge >= 0.3 is 0 Å². The number of para-hydroxylation sites is 2. The van der Waals surface area contributed by atoms with Crippen LogP contribution in [0.1, 0.15) is 29.7 Å². The van der Waals surface area contributed by atoms with Gasteiger partial charge in [0.1, 0.15) is 5.82 Å². The molecule has 0 saturated carbocycles. The average molecular weight is 484 g/mol. The minimum Gasteiger partial charge on any atom is -0.287 e. The van der Waals surface area contributed by atoms with E-state index in [4.69, 9.17) is 0 Å². The number of hydrogen-bond donors (Lipinski definition) is 0. The van der Waals surface area contributed by atoms with Crippen molar-refractivity contribution in [2.75, 3.05) is 6.54 Å². The summed E-state index contributed by atoms with van der Waals surface area (Å²) in [5, 5.41) is 1.22. The molecule has 2 aromatic carbocycles. The molecule has 1 aliphatic heterocycles. The van der Waals surface area contributed by atoms with E-state index in [9.17, 15) is 9.59 Å². The molecular formula is C27H25N5O2S. The normalized spacial score (nSPS) is 16.2. The van der Waals surface area contributed by atoms with Crippen LogP contribution >= 0.6 is 11.8 Å². The molecule has 0 atom stereocenters. The van der Waals surface area contributed by atoms with Crippen LogP contribution in [-0.4, -0.2) is 36.9 Å². The molecule has 1 fully saturated rings. The fourth-order valence-corrected chi connectivity index (χ4v) is 5.38. The highest BCUT2D eigenvalue weighted by molar-refractivity contribution is 8.18. The maximum absolute atomic E-state index is 13.4. The van der Waals surface area contributed by atoms with E-state index in [1.54, 1.807) is 15.6 Å². The van der Waals surface area contributed by atoms with E-state index < -0.39 is 0 Å². The van der Waals surface area contributed by atoms with Crippen molar-refractivity contribution in [3.63, 3.8) is 0 Å². The van der Waals surface area contributed by atoms with Crippen LogP contribution in [0.5, 0.6) is 0 Å².